The van der Waals surface area contributed by atoms with Crippen molar-refractivity contribution in [2.75, 3.05) is 46.3 Å². The van der Waals surface area contributed by atoms with Gasteiger partial charge in [0.05, 0.1) is 24.4 Å². The van der Waals surface area contributed by atoms with Gasteiger partial charge in [-0.1, -0.05) is 23.5 Å². The zero-order chi connectivity index (χ0) is 19.4. The Balaban J connectivity index is 0.00000280. The van der Waals surface area contributed by atoms with Gasteiger partial charge in [-0.2, -0.15) is 0 Å². The van der Waals surface area contributed by atoms with Crippen LogP contribution in [0.25, 0.3) is 10.2 Å². The topological polar surface area (TPSA) is 54.9 Å². The van der Waals surface area contributed by atoms with Crippen molar-refractivity contribution in [2.45, 2.75) is 0 Å². The first-order valence-corrected chi connectivity index (χ1v) is 9.39. The van der Waals surface area contributed by atoms with Gasteiger partial charge in [-0.05, 0) is 44.4 Å². The summed E-state index contributed by atoms with van der Waals surface area (Å²) in [6.07, 6.45) is 0. The number of carbonyl (C=O) groups excluding carboxylic acids is 1. The Bertz CT molecular complexity index is 912. The third-order valence-electron chi connectivity index (χ3n) is 4.16. The lowest BCUT2D eigenvalue weighted by atomic mass is 10.1. The van der Waals surface area contributed by atoms with Crippen LogP contribution in [0.15, 0.2) is 42.5 Å². The largest absolute Gasteiger partial charge is 0.493 e. The van der Waals surface area contributed by atoms with E-state index in [4.69, 9.17) is 9.47 Å². The van der Waals surface area contributed by atoms with E-state index in [1.54, 1.807) is 37.3 Å². The zero-order valence-corrected chi connectivity index (χ0v) is 18.0. The molecule has 150 valence electrons. The predicted molar refractivity (Wildman–Crippen MR) is 117 cm³/mol. The van der Waals surface area contributed by atoms with E-state index in [0.29, 0.717) is 28.7 Å². The monoisotopic (exact) mass is 421 g/mol. The smallest absolute Gasteiger partial charge is 0.260 e. The van der Waals surface area contributed by atoms with Crippen molar-refractivity contribution >= 4 is 45.0 Å². The van der Waals surface area contributed by atoms with Gasteiger partial charge in [0.15, 0.2) is 16.6 Å². The van der Waals surface area contributed by atoms with Crippen molar-refractivity contribution in [3.8, 4) is 11.5 Å². The van der Waals surface area contributed by atoms with Crippen LogP contribution < -0.4 is 14.4 Å². The molecule has 3 rings (SSSR count). The summed E-state index contributed by atoms with van der Waals surface area (Å²) in [7, 11) is 7.10. The number of hydrogen-bond donors (Lipinski definition) is 0. The second-order valence-electron chi connectivity index (χ2n) is 6.29. The first-order valence-electron chi connectivity index (χ1n) is 8.57. The Morgan fingerprint density at radius 2 is 1.75 bits per heavy atom. The minimum atomic E-state index is -0.114. The maximum absolute atomic E-state index is 13.3. The van der Waals surface area contributed by atoms with Crippen LogP contribution >= 0.6 is 23.7 Å². The van der Waals surface area contributed by atoms with Crippen LogP contribution in [0.4, 0.5) is 5.13 Å². The quantitative estimate of drug-likeness (QED) is 0.578. The van der Waals surface area contributed by atoms with Gasteiger partial charge in [0.1, 0.15) is 0 Å². The fourth-order valence-electron chi connectivity index (χ4n) is 2.68. The Labute approximate surface area is 175 Å². The van der Waals surface area contributed by atoms with E-state index in [-0.39, 0.29) is 18.3 Å². The van der Waals surface area contributed by atoms with Crippen molar-refractivity contribution in [1.29, 1.82) is 0 Å². The van der Waals surface area contributed by atoms with Gasteiger partial charge < -0.3 is 14.4 Å². The predicted octanol–water partition coefficient (Wildman–Crippen LogP) is 3.94. The van der Waals surface area contributed by atoms with E-state index in [2.05, 4.69) is 4.98 Å². The molecule has 0 saturated carbocycles. The molecule has 1 amide bonds. The average molecular weight is 422 g/mol. The van der Waals surface area contributed by atoms with Crippen molar-refractivity contribution in [2.24, 2.45) is 0 Å². The summed E-state index contributed by atoms with van der Waals surface area (Å²) in [6, 6.07) is 13.1. The molecular weight excluding hydrogens is 398 g/mol. The van der Waals surface area contributed by atoms with E-state index in [1.165, 1.54) is 11.3 Å². The average Bonchev–Trinajstić information content (AvgIpc) is 3.10. The van der Waals surface area contributed by atoms with Gasteiger partial charge >= 0.3 is 0 Å². The Kier molecular flexibility index (Phi) is 7.62. The molecule has 0 aliphatic rings. The summed E-state index contributed by atoms with van der Waals surface area (Å²) in [5.74, 6) is 1.01. The molecule has 0 fully saturated rings. The van der Waals surface area contributed by atoms with Crippen molar-refractivity contribution in [3.63, 3.8) is 0 Å². The molecule has 2 aromatic carbocycles. The number of anilines is 1. The molecule has 0 unspecified atom stereocenters. The molecule has 0 saturated heterocycles. The molecule has 28 heavy (non-hydrogen) atoms. The molecule has 6 nitrogen and oxygen atoms in total. The van der Waals surface area contributed by atoms with Crippen LogP contribution in [0.1, 0.15) is 10.4 Å². The Hall–Kier alpha value is -2.35. The van der Waals surface area contributed by atoms with Gasteiger partial charge in [-0.3, -0.25) is 9.69 Å². The molecule has 0 aliphatic heterocycles. The fraction of sp³-hybridized carbons (Fsp3) is 0.300. The number of benzene rings is 2. The van der Waals surface area contributed by atoms with Crippen LogP contribution in [0.2, 0.25) is 0 Å². The molecule has 3 aromatic rings. The first kappa shape index (κ1) is 21.9. The summed E-state index contributed by atoms with van der Waals surface area (Å²) in [5, 5.41) is 0.692. The van der Waals surface area contributed by atoms with Gasteiger partial charge in [-0.15, -0.1) is 12.4 Å². The van der Waals surface area contributed by atoms with Crippen LogP contribution in [0, 0.1) is 0 Å². The lowest BCUT2D eigenvalue weighted by molar-refractivity contribution is 0.0985. The lowest BCUT2D eigenvalue weighted by Gasteiger charge is -2.22. The molecule has 1 heterocycles. The lowest BCUT2D eigenvalue weighted by Crippen LogP contribution is -2.36. The molecular formula is C20H24ClN3O3S. The number of para-hydroxylation sites is 1. The minimum Gasteiger partial charge on any atom is -0.493 e. The molecule has 0 aliphatic carbocycles. The second-order valence-corrected chi connectivity index (χ2v) is 7.30. The number of halogens is 1. The number of fused-ring (bicyclic) bond motifs is 1. The summed E-state index contributed by atoms with van der Waals surface area (Å²) in [5.41, 5.74) is 1.43. The van der Waals surface area contributed by atoms with E-state index >= 15 is 0 Å². The van der Waals surface area contributed by atoms with Crippen molar-refractivity contribution in [1.82, 2.24) is 9.88 Å². The van der Waals surface area contributed by atoms with Crippen molar-refractivity contribution < 1.29 is 14.3 Å². The summed E-state index contributed by atoms with van der Waals surface area (Å²) in [6.45, 7) is 1.27. The van der Waals surface area contributed by atoms with Gasteiger partial charge in [0.2, 0.25) is 0 Å². The highest BCUT2D eigenvalue weighted by Crippen LogP contribution is 2.32. The molecule has 0 atom stereocenters. The first-order chi connectivity index (χ1) is 13.0. The van der Waals surface area contributed by atoms with E-state index < -0.39 is 0 Å². The van der Waals surface area contributed by atoms with Crippen LogP contribution in [0.3, 0.4) is 0 Å². The zero-order valence-electron chi connectivity index (χ0n) is 16.3. The van der Waals surface area contributed by atoms with Gasteiger partial charge in [-0.25, -0.2) is 4.98 Å². The number of hydrogen-bond acceptors (Lipinski definition) is 6. The number of rotatable bonds is 7. The SMILES string of the molecule is COc1ccc(C(=O)N(CCN(C)C)c2nc3ccccc3s2)cc1OC.Cl. The number of ether oxygens (including phenoxy) is 2. The Morgan fingerprint density at radius 3 is 2.39 bits per heavy atom. The molecule has 1 aromatic heterocycles. The maximum atomic E-state index is 13.3. The molecule has 8 heteroatoms. The summed E-state index contributed by atoms with van der Waals surface area (Å²) < 4.78 is 11.7. The normalized spacial score (nSPS) is 10.6. The maximum Gasteiger partial charge on any atom is 0.260 e. The highest BCUT2D eigenvalue weighted by molar-refractivity contribution is 7.22. The second kappa shape index (κ2) is 9.73. The number of nitrogens with zero attached hydrogens (tertiary/aromatic N) is 3. The van der Waals surface area contributed by atoms with E-state index in [9.17, 15) is 4.79 Å². The number of carbonyl (C=O) groups is 1. The number of aromatic nitrogens is 1. The minimum absolute atomic E-state index is 0. The van der Waals surface area contributed by atoms with Crippen LogP contribution in [-0.2, 0) is 0 Å². The van der Waals surface area contributed by atoms with Crippen LogP contribution in [0.5, 0.6) is 11.5 Å². The Morgan fingerprint density at radius 1 is 1.04 bits per heavy atom. The highest BCUT2D eigenvalue weighted by atomic mass is 35.5. The number of methoxy groups -OCH3 is 2. The summed E-state index contributed by atoms with van der Waals surface area (Å²) >= 11 is 1.52. The van der Waals surface area contributed by atoms with E-state index in [0.717, 1.165) is 16.8 Å². The highest BCUT2D eigenvalue weighted by Gasteiger charge is 2.22. The molecule has 0 bridgehead atoms. The van der Waals surface area contributed by atoms with Gasteiger partial charge in [0.25, 0.3) is 5.91 Å². The van der Waals surface area contributed by atoms with E-state index in [1.807, 2.05) is 43.3 Å². The van der Waals surface area contributed by atoms with Crippen molar-refractivity contribution in [3.05, 3.63) is 48.0 Å². The molecule has 0 radical (unpaired) electrons. The third-order valence-corrected chi connectivity index (χ3v) is 5.22. The fourth-order valence-corrected chi connectivity index (χ4v) is 3.67. The number of thiazole rings is 1. The third kappa shape index (κ3) is 4.73. The standard InChI is InChI=1S/C20H23N3O3S.ClH/c1-22(2)11-12-23(20-21-15-7-5-6-8-18(15)27-20)19(24)14-9-10-16(25-3)17(13-14)26-4;/h5-10,13H,11-12H2,1-4H3;1H. The molecule has 0 N–H and O–H groups in total. The molecule has 0 spiro atoms. The van der Waals surface area contributed by atoms with Crippen LogP contribution in [-0.4, -0.2) is 57.2 Å². The number of likely N-dealkylation sites (N-methyl/N-ethyl adjacent to an activating group) is 1. The van der Waals surface area contributed by atoms with Gasteiger partial charge in [0, 0.05) is 18.7 Å². The summed E-state index contributed by atoms with van der Waals surface area (Å²) in [4.78, 5) is 21.7. The number of amides is 1.